The summed E-state index contributed by atoms with van der Waals surface area (Å²) >= 11 is 0. The van der Waals surface area contributed by atoms with E-state index in [0.29, 0.717) is 32.8 Å². The largest absolute Gasteiger partial charge is 0.379 e. The van der Waals surface area contributed by atoms with Gasteiger partial charge in [-0.2, -0.15) is 17.0 Å². The lowest BCUT2D eigenvalue weighted by atomic mass is 10.2. The highest BCUT2D eigenvalue weighted by Crippen LogP contribution is 2.34. The van der Waals surface area contributed by atoms with Crippen molar-refractivity contribution in [1.82, 2.24) is 18.6 Å². The molecular formula is C13H20N4O3S. The molecule has 0 aliphatic carbocycles. The SMILES string of the molecule is Cc1cncc([C@@H]2CCCN2S(=O)(=O)N2CCOCC2)n1. The number of aromatic nitrogens is 2. The average molecular weight is 312 g/mol. The molecular weight excluding hydrogens is 292 g/mol. The summed E-state index contributed by atoms with van der Waals surface area (Å²) in [6.07, 6.45) is 5.00. The van der Waals surface area contributed by atoms with Gasteiger partial charge in [-0.05, 0) is 19.8 Å². The topological polar surface area (TPSA) is 75.6 Å². The summed E-state index contributed by atoms with van der Waals surface area (Å²) in [6.45, 7) is 4.17. The Labute approximate surface area is 125 Å². The van der Waals surface area contributed by atoms with Crippen LogP contribution in [0, 0.1) is 6.92 Å². The van der Waals surface area contributed by atoms with Crippen molar-refractivity contribution in [2.75, 3.05) is 32.8 Å². The van der Waals surface area contributed by atoms with Crippen molar-refractivity contribution in [3.05, 3.63) is 23.8 Å². The highest BCUT2D eigenvalue weighted by Gasteiger charge is 2.40. The molecule has 0 bridgehead atoms. The monoisotopic (exact) mass is 312 g/mol. The zero-order valence-electron chi connectivity index (χ0n) is 12.1. The van der Waals surface area contributed by atoms with Crippen molar-refractivity contribution in [2.45, 2.75) is 25.8 Å². The Morgan fingerprint density at radius 2 is 2.00 bits per heavy atom. The molecule has 0 unspecified atom stereocenters. The van der Waals surface area contributed by atoms with Crippen molar-refractivity contribution in [1.29, 1.82) is 0 Å². The molecule has 0 amide bonds. The van der Waals surface area contributed by atoms with Gasteiger partial charge >= 0.3 is 0 Å². The predicted octanol–water partition coefficient (Wildman–Crippen LogP) is 0.499. The molecule has 7 nitrogen and oxygen atoms in total. The minimum Gasteiger partial charge on any atom is -0.379 e. The quantitative estimate of drug-likeness (QED) is 0.812. The molecule has 0 spiro atoms. The molecule has 3 heterocycles. The van der Waals surface area contributed by atoms with Gasteiger partial charge in [-0.1, -0.05) is 0 Å². The fourth-order valence-corrected chi connectivity index (χ4v) is 4.68. The van der Waals surface area contributed by atoms with Crippen molar-refractivity contribution in [3.8, 4) is 0 Å². The van der Waals surface area contributed by atoms with Gasteiger partial charge < -0.3 is 4.74 Å². The van der Waals surface area contributed by atoms with Crippen LogP contribution in [0.1, 0.15) is 30.3 Å². The lowest BCUT2D eigenvalue weighted by Crippen LogP contribution is -2.48. The van der Waals surface area contributed by atoms with Crippen LogP contribution < -0.4 is 0 Å². The molecule has 0 N–H and O–H groups in total. The second kappa shape index (κ2) is 5.96. The number of morpholine rings is 1. The summed E-state index contributed by atoms with van der Waals surface area (Å²) in [6, 6.07) is -0.203. The van der Waals surface area contributed by atoms with Crippen molar-refractivity contribution in [3.63, 3.8) is 0 Å². The predicted molar refractivity (Wildman–Crippen MR) is 76.8 cm³/mol. The van der Waals surface area contributed by atoms with E-state index in [1.54, 1.807) is 16.7 Å². The first-order valence-electron chi connectivity index (χ1n) is 7.22. The second-order valence-corrected chi connectivity index (χ2v) is 7.25. The molecule has 2 aliphatic heterocycles. The highest BCUT2D eigenvalue weighted by molar-refractivity contribution is 7.86. The van der Waals surface area contributed by atoms with Crippen LogP contribution in [-0.2, 0) is 14.9 Å². The Morgan fingerprint density at radius 3 is 2.71 bits per heavy atom. The van der Waals surface area contributed by atoms with E-state index in [0.717, 1.165) is 24.2 Å². The average Bonchev–Trinajstić information content (AvgIpc) is 2.98. The minimum absolute atomic E-state index is 0.203. The van der Waals surface area contributed by atoms with Gasteiger partial charge in [0.25, 0.3) is 10.2 Å². The van der Waals surface area contributed by atoms with E-state index in [1.807, 2.05) is 6.92 Å². The maximum Gasteiger partial charge on any atom is 0.282 e. The minimum atomic E-state index is -3.45. The summed E-state index contributed by atoms with van der Waals surface area (Å²) in [5.74, 6) is 0. The molecule has 0 saturated carbocycles. The lowest BCUT2D eigenvalue weighted by molar-refractivity contribution is 0.0698. The summed E-state index contributed by atoms with van der Waals surface area (Å²) in [4.78, 5) is 8.59. The van der Waals surface area contributed by atoms with E-state index in [2.05, 4.69) is 9.97 Å². The van der Waals surface area contributed by atoms with Crippen LogP contribution in [-0.4, -0.2) is 59.8 Å². The Kier molecular flexibility index (Phi) is 4.21. The first-order chi connectivity index (χ1) is 10.1. The Morgan fingerprint density at radius 1 is 1.24 bits per heavy atom. The van der Waals surface area contributed by atoms with Gasteiger partial charge in [0.15, 0.2) is 0 Å². The van der Waals surface area contributed by atoms with Crippen LogP contribution in [0.5, 0.6) is 0 Å². The smallest absolute Gasteiger partial charge is 0.282 e. The Balaban J connectivity index is 1.86. The van der Waals surface area contributed by atoms with Gasteiger partial charge in [0, 0.05) is 25.8 Å². The van der Waals surface area contributed by atoms with Crippen molar-refractivity contribution in [2.24, 2.45) is 0 Å². The summed E-state index contributed by atoms with van der Waals surface area (Å²) < 4.78 is 33.9. The molecule has 2 aliphatic rings. The van der Waals surface area contributed by atoms with Gasteiger partial charge in [-0.3, -0.25) is 9.97 Å². The van der Waals surface area contributed by atoms with E-state index in [-0.39, 0.29) is 6.04 Å². The van der Waals surface area contributed by atoms with E-state index in [9.17, 15) is 8.42 Å². The summed E-state index contributed by atoms with van der Waals surface area (Å²) in [7, 11) is -3.45. The fraction of sp³-hybridized carbons (Fsp3) is 0.692. The van der Waals surface area contributed by atoms with Gasteiger partial charge in [0.05, 0.1) is 36.8 Å². The molecule has 0 aromatic carbocycles. The standard InChI is InChI=1S/C13H20N4O3S/c1-11-9-14-10-12(15-11)13-3-2-4-17(13)21(18,19)16-5-7-20-8-6-16/h9-10,13H,2-8H2,1H3/t13-/m0/s1. The van der Waals surface area contributed by atoms with Crippen LogP contribution in [0.25, 0.3) is 0 Å². The second-order valence-electron chi connectivity index (χ2n) is 5.37. The third kappa shape index (κ3) is 2.94. The third-order valence-electron chi connectivity index (χ3n) is 3.91. The maximum absolute atomic E-state index is 12.8. The molecule has 1 aromatic heterocycles. The van der Waals surface area contributed by atoms with Crippen LogP contribution in [0.2, 0.25) is 0 Å². The number of ether oxygens (including phenoxy) is 1. The fourth-order valence-electron chi connectivity index (χ4n) is 2.88. The Hall–Kier alpha value is -1.09. The van der Waals surface area contributed by atoms with Gasteiger partial charge in [0.2, 0.25) is 0 Å². The van der Waals surface area contributed by atoms with E-state index < -0.39 is 10.2 Å². The van der Waals surface area contributed by atoms with Crippen LogP contribution in [0.15, 0.2) is 12.4 Å². The molecule has 8 heteroatoms. The van der Waals surface area contributed by atoms with Gasteiger partial charge in [-0.25, -0.2) is 0 Å². The first kappa shape index (κ1) is 14.8. The number of hydrogen-bond donors (Lipinski definition) is 0. The molecule has 3 rings (SSSR count). The lowest BCUT2D eigenvalue weighted by Gasteiger charge is -2.32. The normalized spacial score (nSPS) is 25.3. The summed E-state index contributed by atoms with van der Waals surface area (Å²) in [5.41, 5.74) is 1.55. The van der Waals surface area contributed by atoms with Crippen molar-refractivity contribution < 1.29 is 13.2 Å². The number of rotatable bonds is 3. The van der Waals surface area contributed by atoms with Crippen molar-refractivity contribution >= 4 is 10.2 Å². The highest BCUT2D eigenvalue weighted by atomic mass is 32.2. The molecule has 2 fully saturated rings. The van der Waals surface area contributed by atoms with E-state index >= 15 is 0 Å². The molecule has 1 aromatic rings. The molecule has 0 radical (unpaired) electrons. The van der Waals surface area contributed by atoms with Crippen LogP contribution in [0.4, 0.5) is 0 Å². The van der Waals surface area contributed by atoms with Crippen LogP contribution >= 0.6 is 0 Å². The van der Waals surface area contributed by atoms with Crippen LogP contribution in [0.3, 0.4) is 0 Å². The van der Waals surface area contributed by atoms with Gasteiger partial charge in [0.1, 0.15) is 0 Å². The number of nitrogens with zero attached hydrogens (tertiary/aromatic N) is 4. The Bertz CT molecular complexity index is 601. The summed E-state index contributed by atoms with van der Waals surface area (Å²) in [5, 5.41) is 0. The molecule has 1 atom stereocenters. The zero-order chi connectivity index (χ0) is 14.9. The molecule has 2 saturated heterocycles. The number of aryl methyl sites for hydroxylation is 1. The first-order valence-corrected chi connectivity index (χ1v) is 8.62. The molecule has 21 heavy (non-hydrogen) atoms. The third-order valence-corrected chi connectivity index (χ3v) is 5.96. The number of hydrogen-bond acceptors (Lipinski definition) is 5. The maximum atomic E-state index is 12.8. The zero-order valence-corrected chi connectivity index (χ0v) is 12.9. The van der Waals surface area contributed by atoms with Gasteiger partial charge in [-0.15, -0.1) is 0 Å². The molecule has 116 valence electrons. The van der Waals surface area contributed by atoms with E-state index in [4.69, 9.17) is 4.74 Å². The van der Waals surface area contributed by atoms with E-state index in [1.165, 1.54) is 4.31 Å².